The summed E-state index contributed by atoms with van der Waals surface area (Å²) in [5.41, 5.74) is 0.801. The number of aliphatic hydroxyl groups excluding tert-OH is 1. The smallest absolute Gasteiger partial charge is 0.255 e. The van der Waals surface area contributed by atoms with E-state index >= 15 is 0 Å². The van der Waals surface area contributed by atoms with Gasteiger partial charge in [0.25, 0.3) is 6.43 Å². The number of nitrogens with one attached hydrogen (secondary N) is 1. The van der Waals surface area contributed by atoms with Gasteiger partial charge in [0.15, 0.2) is 0 Å². The molecule has 0 atom stereocenters. The Morgan fingerprint density at radius 2 is 2.10 bits per heavy atom. The van der Waals surface area contributed by atoms with E-state index in [-0.39, 0.29) is 13.2 Å². The second-order valence-corrected chi connectivity index (χ2v) is 4.37. The number of hydrogen-bond donors (Lipinski definition) is 2. The summed E-state index contributed by atoms with van der Waals surface area (Å²) >= 11 is 0. The molecule has 0 radical (unpaired) electrons. The zero-order valence-electron chi connectivity index (χ0n) is 11.9. The first kappa shape index (κ1) is 16.6. The second-order valence-electron chi connectivity index (χ2n) is 4.37. The van der Waals surface area contributed by atoms with Crippen LogP contribution < -0.4 is 10.2 Å². The highest BCUT2D eigenvalue weighted by Crippen LogP contribution is 2.24. The predicted octanol–water partition coefficient (Wildman–Crippen LogP) is 1.92. The molecule has 0 amide bonds. The lowest BCUT2D eigenvalue weighted by Crippen LogP contribution is -2.33. The minimum absolute atomic E-state index is 0.127. The molecule has 114 valence electrons. The van der Waals surface area contributed by atoms with Crippen LogP contribution >= 0.6 is 0 Å². The molecule has 20 heavy (non-hydrogen) atoms. The lowest BCUT2D eigenvalue weighted by atomic mass is 10.2. The van der Waals surface area contributed by atoms with Crippen molar-refractivity contribution in [3.8, 4) is 0 Å². The highest BCUT2D eigenvalue weighted by Gasteiger charge is 2.19. The van der Waals surface area contributed by atoms with Crippen LogP contribution in [-0.4, -0.2) is 47.7 Å². The average molecular weight is 288 g/mol. The molecule has 0 spiro atoms. The molecular weight excluding hydrogens is 266 g/mol. The van der Waals surface area contributed by atoms with Crippen molar-refractivity contribution >= 4 is 11.6 Å². The second kappa shape index (κ2) is 8.63. The molecule has 0 aromatic carbocycles. The van der Waals surface area contributed by atoms with E-state index in [1.54, 1.807) is 0 Å². The average Bonchev–Trinajstić information content (AvgIpc) is 2.43. The van der Waals surface area contributed by atoms with Gasteiger partial charge in [-0.2, -0.15) is 0 Å². The Morgan fingerprint density at radius 3 is 2.65 bits per heavy atom. The number of aromatic nitrogens is 2. The maximum Gasteiger partial charge on any atom is 0.255 e. The molecule has 0 aliphatic carbocycles. The summed E-state index contributed by atoms with van der Waals surface area (Å²) in [7, 11) is 0. The number of nitrogens with zero attached hydrogens (tertiary/aromatic N) is 3. The van der Waals surface area contributed by atoms with Crippen molar-refractivity contribution < 1.29 is 13.9 Å². The molecule has 0 bridgehead atoms. The van der Waals surface area contributed by atoms with E-state index in [9.17, 15) is 8.78 Å². The van der Waals surface area contributed by atoms with E-state index in [0.717, 1.165) is 18.5 Å². The summed E-state index contributed by atoms with van der Waals surface area (Å²) in [6.07, 6.45) is 0.462. The first-order valence-corrected chi connectivity index (χ1v) is 6.85. The van der Waals surface area contributed by atoms with Gasteiger partial charge in [-0.1, -0.05) is 13.8 Å². The van der Waals surface area contributed by atoms with Gasteiger partial charge < -0.3 is 15.3 Å². The van der Waals surface area contributed by atoms with Crippen LogP contribution in [0.1, 0.15) is 25.8 Å². The number of alkyl halides is 2. The van der Waals surface area contributed by atoms with Crippen LogP contribution in [0.5, 0.6) is 0 Å². The van der Waals surface area contributed by atoms with Crippen molar-refractivity contribution in [2.75, 3.05) is 36.5 Å². The lowest BCUT2D eigenvalue weighted by Gasteiger charge is -2.25. The van der Waals surface area contributed by atoms with E-state index < -0.39 is 13.0 Å². The van der Waals surface area contributed by atoms with Crippen molar-refractivity contribution in [1.29, 1.82) is 0 Å². The van der Waals surface area contributed by atoms with Gasteiger partial charge in [0.2, 0.25) is 0 Å². The van der Waals surface area contributed by atoms with Crippen molar-refractivity contribution in [1.82, 2.24) is 9.97 Å². The highest BCUT2D eigenvalue weighted by molar-refractivity contribution is 5.58. The zero-order valence-corrected chi connectivity index (χ0v) is 11.9. The third-order valence-electron chi connectivity index (χ3n) is 2.85. The highest BCUT2D eigenvalue weighted by atomic mass is 19.3. The zero-order chi connectivity index (χ0) is 15.0. The van der Waals surface area contributed by atoms with E-state index in [1.165, 1.54) is 11.2 Å². The summed E-state index contributed by atoms with van der Waals surface area (Å²) < 4.78 is 25.3. The Kier molecular flexibility index (Phi) is 7.14. The van der Waals surface area contributed by atoms with Crippen LogP contribution in [0, 0.1) is 0 Å². The molecule has 7 heteroatoms. The minimum Gasteiger partial charge on any atom is -0.395 e. The summed E-state index contributed by atoms with van der Waals surface area (Å²) in [6.45, 7) is 4.21. The van der Waals surface area contributed by atoms with Crippen LogP contribution in [0.15, 0.2) is 6.33 Å². The number of anilines is 2. The molecule has 0 aliphatic heterocycles. The maximum absolute atomic E-state index is 12.7. The Balaban J connectivity index is 3.06. The topological polar surface area (TPSA) is 61.3 Å². The summed E-state index contributed by atoms with van der Waals surface area (Å²) in [5.74, 6) is 1.15. The molecule has 2 N–H and O–H groups in total. The molecule has 0 saturated heterocycles. The van der Waals surface area contributed by atoms with Gasteiger partial charge in [0.1, 0.15) is 18.0 Å². The first-order chi connectivity index (χ1) is 9.63. The standard InChI is InChI=1S/C13H22F2N4O/c1-3-5-16-12-10(4-2)13(18-9-17-12)19(6-7-20)8-11(14)15/h9,11,20H,3-8H2,1-2H3,(H,16,17,18). The van der Waals surface area contributed by atoms with E-state index in [1.807, 2.05) is 13.8 Å². The van der Waals surface area contributed by atoms with Gasteiger partial charge in [-0.3, -0.25) is 0 Å². The Bertz CT molecular complexity index is 404. The van der Waals surface area contributed by atoms with Gasteiger partial charge >= 0.3 is 0 Å². The van der Waals surface area contributed by atoms with E-state index in [0.29, 0.717) is 18.1 Å². The fourth-order valence-corrected chi connectivity index (χ4v) is 1.97. The molecule has 1 aromatic rings. The van der Waals surface area contributed by atoms with Gasteiger partial charge in [-0.25, -0.2) is 18.7 Å². The Hall–Kier alpha value is -1.50. The SMILES string of the molecule is CCCNc1ncnc(N(CCO)CC(F)F)c1CC. The Morgan fingerprint density at radius 1 is 1.35 bits per heavy atom. The molecule has 1 rings (SSSR count). The van der Waals surface area contributed by atoms with Gasteiger partial charge in [0.05, 0.1) is 13.2 Å². The number of rotatable bonds is 9. The minimum atomic E-state index is -2.48. The van der Waals surface area contributed by atoms with Crippen molar-refractivity contribution in [3.63, 3.8) is 0 Å². The van der Waals surface area contributed by atoms with E-state index in [4.69, 9.17) is 5.11 Å². The monoisotopic (exact) mass is 288 g/mol. The molecule has 1 heterocycles. The predicted molar refractivity (Wildman–Crippen MR) is 75.5 cm³/mol. The number of hydrogen-bond acceptors (Lipinski definition) is 5. The quantitative estimate of drug-likeness (QED) is 0.727. The molecule has 5 nitrogen and oxygen atoms in total. The summed E-state index contributed by atoms with van der Waals surface area (Å²) in [5, 5.41) is 12.2. The normalized spacial score (nSPS) is 10.9. The largest absolute Gasteiger partial charge is 0.395 e. The number of aliphatic hydroxyl groups is 1. The van der Waals surface area contributed by atoms with Crippen molar-refractivity contribution in [2.24, 2.45) is 0 Å². The molecule has 0 saturated carbocycles. The van der Waals surface area contributed by atoms with Gasteiger partial charge in [-0.05, 0) is 12.8 Å². The first-order valence-electron chi connectivity index (χ1n) is 6.85. The van der Waals surface area contributed by atoms with E-state index in [2.05, 4.69) is 15.3 Å². The summed E-state index contributed by atoms with van der Waals surface area (Å²) in [4.78, 5) is 9.70. The third kappa shape index (κ3) is 4.56. The van der Waals surface area contributed by atoms with Gasteiger partial charge in [-0.15, -0.1) is 0 Å². The maximum atomic E-state index is 12.7. The van der Waals surface area contributed by atoms with Crippen LogP contribution in [0.25, 0.3) is 0 Å². The van der Waals surface area contributed by atoms with Crippen LogP contribution in [-0.2, 0) is 6.42 Å². The molecule has 0 fully saturated rings. The molecular formula is C13H22F2N4O. The van der Waals surface area contributed by atoms with Crippen LogP contribution in [0.4, 0.5) is 20.4 Å². The summed E-state index contributed by atoms with van der Waals surface area (Å²) in [6, 6.07) is 0. The fraction of sp³-hybridized carbons (Fsp3) is 0.692. The molecule has 0 unspecified atom stereocenters. The van der Waals surface area contributed by atoms with Gasteiger partial charge in [0, 0.05) is 18.7 Å². The van der Waals surface area contributed by atoms with Crippen molar-refractivity contribution in [3.05, 3.63) is 11.9 Å². The third-order valence-corrected chi connectivity index (χ3v) is 2.85. The fourth-order valence-electron chi connectivity index (χ4n) is 1.97. The van der Waals surface area contributed by atoms with Crippen LogP contribution in [0.3, 0.4) is 0 Å². The molecule has 1 aromatic heterocycles. The Labute approximate surface area is 118 Å². The van der Waals surface area contributed by atoms with Crippen molar-refractivity contribution in [2.45, 2.75) is 33.1 Å². The lowest BCUT2D eigenvalue weighted by molar-refractivity contribution is 0.152. The number of halogens is 2. The van der Waals surface area contributed by atoms with Crippen LogP contribution in [0.2, 0.25) is 0 Å². The molecule has 0 aliphatic rings.